The van der Waals surface area contributed by atoms with Crippen LogP contribution in [0.2, 0.25) is 0 Å². The number of benzene rings is 2. The molecule has 0 radical (unpaired) electrons. The van der Waals surface area contributed by atoms with Gasteiger partial charge in [-0.15, -0.1) is 0 Å². The topological polar surface area (TPSA) is 24.9 Å². The van der Waals surface area contributed by atoms with Crippen LogP contribution in [0.5, 0.6) is 5.75 Å². The SMILES string of the molecule is COc1ccc(CN2C[C@@H](C)N(C)O[C@@H]2c2ccccc2)cc1. The fourth-order valence-electron chi connectivity index (χ4n) is 2.88. The molecule has 1 aliphatic heterocycles. The van der Waals surface area contributed by atoms with Gasteiger partial charge in [-0.2, -0.15) is 5.06 Å². The minimum Gasteiger partial charge on any atom is -0.497 e. The summed E-state index contributed by atoms with van der Waals surface area (Å²) in [5, 5.41) is 1.96. The number of methoxy groups -OCH3 is 1. The van der Waals surface area contributed by atoms with Crippen molar-refractivity contribution in [3.05, 3.63) is 65.7 Å². The molecule has 0 aliphatic carbocycles. The predicted octanol–water partition coefficient (Wildman–Crippen LogP) is 3.46. The molecule has 122 valence electrons. The second kappa shape index (κ2) is 7.13. The van der Waals surface area contributed by atoms with Gasteiger partial charge in [0.05, 0.1) is 7.11 Å². The van der Waals surface area contributed by atoms with Crippen LogP contribution in [0.15, 0.2) is 54.6 Å². The third-order valence-electron chi connectivity index (χ3n) is 4.35. The minimum absolute atomic E-state index is 0.0560. The Morgan fingerprint density at radius 2 is 1.78 bits per heavy atom. The van der Waals surface area contributed by atoms with Crippen LogP contribution in [-0.2, 0) is 11.4 Å². The maximum absolute atomic E-state index is 6.15. The summed E-state index contributed by atoms with van der Waals surface area (Å²) >= 11 is 0. The quantitative estimate of drug-likeness (QED) is 0.863. The lowest BCUT2D eigenvalue weighted by atomic mass is 10.1. The molecule has 0 aromatic heterocycles. The molecule has 3 rings (SSSR count). The zero-order valence-corrected chi connectivity index (χ0v) is 14.0. The van der Waals surface area contributed by atoms with E-state index in [-0.39, 0.29) is 6.23 Å². The van der Waals surface area contributed by atoms with E-state index >= 15 is 0 Å². The monoisotopic (exact) mass is 312 g/mol. The highest BCUT2D eigenvalue weighted by Crippen LogP contribution is 2.30. The van der Waals surface area contributed by atoms with E-state index in [0.29, 0.717) is 6.04 Å². The molecule has 0 unspecified atom stereocenters. The first-order chi connectivity index (χ1) is 11.2. The molecule has 0 spiro atoms. The van der Waals surface area contributed by atoms with Crippen molar-refractivity contribution >= 4 is 0 Å². The highest BCUT2D eigenvalue weighted by Gasteiger charge is 2.31. The summed E-state index contributed by atoms with van der Waals surface area (Å²) in [7, 11) is 3.70. The van der Waals surface area contributed by atoms with Gasteiger partial charge < -0.3 is 4.74 Å². The Morgan fingerprint density at radius 3 is 2.43 bits per heavy atom. The number of hydrogen-bond donors (Lipinski definition) is 0. The van der Waals surface area contributed by atoms with E-state index in [9.17, 15) is 0 Å². The number of hydrogen-bond acceptors (Lipinski definition) is 4. The zero-order chi connectivity index (χ0) is 16.2. The Morgan fingerprint density at radius 1 is 1.09 bits per heavy atom. The van der Waals surface area contributed by atoms with Crippen LogP contribution in [0.25, 0.3) is 0 Å². The Kier molecular flexibility index (Phi) is 4.96. The second-order valence-electron chi connectivity index (χ2n) is 6.04. The van der Waals surface area contributed by atoms with Crippen molar-refractivity contribution < 1.29 is 9.57 Å². The van der Waals surface area contributed by atoms with Crippen LogP contribution in [0.1, 0.15) is 24.3 Å². The van der Waals surface area contributed by atoms with E-state index in [1.165, 1.54) is 11.1 Å². The zero-order valence-electron chi connectivity index (χ0n) is 14.0. The molecular weight excluding hydrogens is 288 g/mol. The van der Waals surface area contributed by atoms with E-state index in [4.69, 9.17) is 9.57 Å². The van der Waals surface area contributed by atoms with Gasteiger partial charge in [-0.1, -0.05) is 42.5 Å². The molecule has 23 heavy (non-hydrogen) atoms. The van der Waals surface area contributed by atoms with Gasteiger partial charge in [0.15, 0.2) is 6.23 Å². The number of hydroxylamine groups is 2. The molecule has 1 fully saturated rings. The van der Waals surface area contributed by atoms with Gasteiger partial charge in [0, 0.05) is 26.2 Å². The first kappa shape index (κ1) is 16.0. The average molecular weight is 312 g/mol. The summed E-state index contributed by atoms with van der Waals surface area (Å²) < 4.78 is 5.24. The van der Waals surface area contributed by atoms with Crippen molar-refractivity contribution in [3.8, 4) is 5.75 Å². The number of ether oxygens (including phenoxy) is 1. The summed E-state index contributed by atoms with van der Waals surface area (Å²) in [6, 6.07) is 19.0. The van der Waals surface area contributed by atoms with Gasteiger partial charge in [0.1, 0.15) is 5.75 Å². The van der Waals surface area contributed by atoms with Crippen molar-refractivity contribution in [1.82, 2.24) is 9.96 Å². The van der Waals surface area contributed by atoms with Gasteiger partial charge in [-0.3, -0.25) is 9.74 Å². The molecular formula is C19H24N2O2. The average Bonchev–Trinajstić information content (AvgIpc) is 2.59. The van der Waals surface area contributed by atoms with Crippen LogP contribution in [0.4, 0.5) is 0 Å². The Labute approximate surface area is 138 Å². The maximum atomic E-state index is 6.15. The van der Waals surface area contributed by atoms with Crippen molar-refractivity contribution in [1.29, 1.82) is 0 Å². The van der Waals surface area contributed by atoms with E-state index in [2.05, 4.69) is 48.2 Å². The minimum atomic E-state index is -0.0560. The molecule has 0 bridgehead atoms. The summed E-state index contributed by atoms with van der Waals surface area (Å²) in [5.74, 6) is 0.886. The van der Waals surface area contributed by atoms with Crippen molar-refractivity contribution in [2.24, 2.45) is 0 Å². The van der Waals surface area contributed by atoms with Crippen LogP contribution in [0.3, 0.4) is 0 Å². The van der Waals surface area contributed by atoms with Crippen molar-refractivity contribution in [2.75, 3.05) is 20.7 Å². The molecule has 0 saturated carbocycles. The fourth-order valence-corrected chi connectivity index (χ4v) is 2.88. The lowest BCUT2D eigenvalue weighted by Crippen LogP contribution is -2.49. The van der Waals surface area contributed by atoms with Crippen LogP contribution < -0.4 is 4.74 Å². The smallest absolute Gasteiger partial charge is 0.158 e. The van der Waals surface area contributed by atoms with E-state index < -0.39 is 0 Å². The summed E-state index contributed by atoms with van der Waals surface area (Å²) in [6.45, 7) is 3.99. The first-order valence-corrected chi connectivity index (χ1v) is 7.99. The third kappa shape index (κ3) is 3.72. The van der Waals surface area contributed by atoms with Gasteiger partial charge in [-0.25, -0.2) is 0 Å². The molecule has 2 aromatic carbocycles. The van der Waals surface area contributed by atoms with Crippen LogP contribution >= 0.6 is 0 Å². The molecule has 0 N–H and O–H groups in total. The fraction of sp³-hybridized carbons (Fsp3) is 0.368. The third-order valence-corrected chi connectivity index (χ3v) is 4.35. The second-order valence-corrected chi connectivity index (χ2v) is 6.04. The molecule has 2 atom stereocenters. The molecule has 0 amide bonds. The highest BCUT2D eigenvalue weighted by atomic mass is 16.7. The maximum Gasteiger partial charge on any atom is 0.158 e. The summed E-state index contributed by atoms with van der Waals surface area (Å²) in [5.41, 5.74) is 2.44. The lowest BCUT2D eigenvalue weighted by Gasteiger charge is -2.43. The molecule has 1 aliphatic rings. The van der Waals surface area contributed by atoms with E-state index in [0.717, 1.165) is 18.8 Å². The van der Waals surface area contributed by atoms with E-state index in [1.807, 2.05) is 30.3 Å². The predicted molar refractivity (Wildman–Crippen MR) is 90.9 cm³/mol. The van der Waals surface area contributed by atoms with Crippen LogP contribution in [-0.4, -0.2) is 36.7 Å². The number of rotatable bonds is 4. The molecule has 4 heteroatoms. The number of likely N-dealkylation sites (N-methyl/N-ethyl adjacent to an activating group) is 1. The van der Waals surface area contributed by atoms with Crippen molar-refractivity contribution in [2.45, 2.75) is 25.7 Å². The Balaban J connectivity index is 1.80. The molecule has 1 saturated heterocycles. The normalized spacial score (nSPS) is 22.9. The molecule has 4 nitrogen and oxygen atoms in total. The van der Waals surface area contributed by atoms with Crippen LogP contribution in [0, 0.1) is 0 Å². The first-order valence-electron chi connectivity index (χ1n) is 7.99. The molecule has 1 heterocycles. The highest BCUT2D eigenvalue weighted by molar-refractivity contribution is 5.27. The van der Waals surface area contributed by atoms with Gasteiger partial charge in [-0.05, 0) is 30.2 Å². The standard InChI is InChI=1S/C19H24N2O2/c1-15-13-21(14-16-9-11-18(22-3)12-10-16)19(23-20(15)2)17-7-5-4-6-8-17/h4-12,15,19H,13-14H2,1-3H3/t15-,19-/m1/s1. The molecule has 2 aromatic rings. The van der Waals surface area contributed by atoms with Gasteiger partial charge in [0.25, 0.3) is 0 Å². The van der Waals surface area contributed by atoms with Crippen molar-refractivity contribution in [3.63, 3.8) is 0 Å². The Hall–Kier alpha value is -1.88. The number of nitrogens with zero attached hydrogens (tertiary/aromatic N) is 2. The summed E-state index contributed by atoms with van der Waals surface area (Å²) in [4.78, 5) is 8.53. The van der Waals surface area contributed by atoms with Gasteiger partial charge in [0.2, 0.25) is 0 Å². The summed E-state index contributed by atoms with van der Waals surface area (Å²) in [6.07, 6.45) is -0.0560. The lowest BCUT2D eigenvalue weighted by molar-refractivity contribution is -0.287. The van der Waals surface area contributed by atoms with Gasteiger partial charge >= 0.3 is 0 Å². The van der Waals surface area contributed by atoms with E-state index in [1.54, 1.807) is 7.11 Å². The Bertz CT molecular complexity index is 615. The largest absolute Gasteiger partial charge is 0.497 e.